The first kappa shape index (κ1) is 19.4. The average Bonchev–Trinajstić information content (AvgIpc) is 3.14. The summed E-state index contributed by atoms with van der Waals surface area (Å²) < 4.78 is 13.2. The average molecular weight is 405 g/mol. The van der Waals surface area contributed by atoms with Crippen LogP contribution in [0.5, 0.6) is 0 Å². The van der Waals surface area contributed by atoms with Crippen molar-refractivity contribution >= 4 is 22.8 Å². The van der Waals surface area contributed by atoms with E-state index in [-0.39, 0.29) is 23.8 Å². The van der Waals surface area contributed by atoms with E-state index in [4.69, 9.17) is 4.99 Å². The molecule has 2 unspecified atom stereocenters. The van der Waals surface area contributed by atoms with Gasteiger partial charge in [-0.2, -0.15) is 0 Å². The van der Waals surface area contributed by atoms with E-state index < -0.39 is 0 Å². The van der Waals surface area contributed by atoms with Crippen LogP contribution in [0.4, 0.5) is 4.39 Å². The van der Waals surface area contributed by atoms with E-state index in [1.54, 1.807) is 24.0 Å². The molecular weight excluding hydrogens is 383 g/mol. The van der Waals surface area contributed by atoms with Crippen LogP contribution < -0.4 is 0 Å². The minimum atomic E-state index is -0.254. The zero-order valence-corrected chi connectivity index (χ0v) is 16.9. The van der Waals surface area contributed by atoms with Gasteiger partial charge in [0.15, 0.2) is 5.17 Å². The summed E-state index contributed by atoms with van der Waals surface area (Å²) >= 11 is 1.51. The molecule has 0 aliphatic carbocycles. The molecule has 5 heteroatoms. The van der Waals surface area contributed by atoms with Crippen molar-refractivity contribution in [3.05, 3.63) is 107 Å². The highest BCUT2D eigenvalue weighted by atomic mass is 32.2. The molecule has 0 bridgehead atoms. The zero-order chi connectivity index (χ0) is 20.2. The summed E-state index contributed by atoms with van der Waals surface area (Å²) in [4.78, 5) is 19.4. The number of benzene rings is 3. The van der Waals surface area contributed by atoms with Gasteiger partial charge in [0.2, 0.25) is 5.91 Å². The maximum Gasteiger partial charge on any atom is 0.226 e. The van der Waals surface area contributed by atoms with Crippen molar-refractivity contribution in [2.45, 2.75) is 24.8 Å². The van der Waals surface area contributed by atoms with E-state index in [9.17, 15) is 9.18 Å². The standard InChI is InChI=1S/C24H21FN2OS/c1-17(28)27-23(20-10-6-3-7-11-20)22(19-8-4-2-5-9-19)26-24(27)29-16-18-12-14-21(25)15-13-18/h2-15,22-23H,16H2,1H3. The Morgan fingerprint density at radius 3 is 2.10 bits per heavy atom. The molecule has 0 radical (unpaired) electrons. The van der Waals surface area contributed by atoms with Gasteiger partial charge in [-0.3, -0.25) is 14.7 Å². The molecule has 1 heterocycles. The van der Waals surface area contributed by atoms with Crippen LogP contribution in [0.2, 0.25) is 0 Å². The number of carbonyl (C=O) groups is 1. The Kier molecular flexibility index (Phi) is 5.76. The first-order valence-electron chi connectivity index (χ1n) is 9.48. The molecule has 0 saturated heterocycles. The number of amidine groups is 1. The number of hydrogen-bond donors (Lipinski definition) is 0. The Morgan fingerprint density at radius 2 is 1.52 bits per heavy atom. The quantitative estimate of drug-likeness (QED) is 0.554. The van der Waals surface area contributed by atoms with Gasteiger partial charge in [-0.15, -0.1) is 0 Å². The van der Waals surface area contributed by atoms with Crippen LogP contribution >= 0.6 is 11.8 Å². The van der Waals surface area contributed by atoms with Crippen LogP contribution in [0.25, 0.3) is 0 Å². The Morgan fingerprint density at radius 1 is 0.931 bits per heavy atom. The molecule has 0 aromatic heterocycles. The van der Waals surface area contributed by atoms with Gasteiger partial charge >= 0.3 is 0 Å². The Balaban J connectivity index is 1.68. The monoisotopic (exact) mass is 404 g/mol. The summed E-state index contributed by atoms with van der Waals surface area (Å²) in [6.45, 7) is 1.58. The number of aliphatic imine (C=N–C) groups is 1. The summed E-state index contributed by atoms with van der Waals surface area (Å²) in [5.74, 6) is 0.324. The minimum Gasteiger partial charge on any atom is -0.282 e. The Bertz CT molecular complexity index is 1010. The van der Waals surface area contributed by atoms with Crippen molar-refractivity contribution in [1.29, 1.82) is 0 Å². The van der Waals surface area contributed by atoms with Crippen LogP contribution in [0, 0.1) is 5.82 Å². The van der Waals surface area contributed by atoms with Crippen molar-refractivity contribution < 1.29 is 9.18 Å². The van der Waals surface area contributed by atoms with Gasteiger partial charge in [0, 0.05) is 12.7 Å². The fourth-order valence-corrected chi connectivity index (χ4v) is 4.62. The Labute approximate surface area is 174 Å². The van der Waals surface area contributed by atoms with Gasteiger partial charge in [0.05, 0.1) is 6.04 Å². The number of rotatable bonds is 4. The van der Waals surface area contributed by atoms with Crippen LogP contribution in [0.3, 0.4) is 0 Å². The molecular formula is C24H21FN2OS. The van der Waals surface area contributed by atoms with Crippen molar-refractivity contribution in [3.63, 3.8) is 0 Å². The molecule has 0 fully saturated rings. The molecule has 3 nitrogen and oxygen atoms in total. The third kappa shape index (κ3) is 4.25. The number of hydrogen-bond acceptors (Lipinski definition) is 3. The van der Waals surface area contributed by atoms with E-state index >= 15 is 0 Å². The molecule has 4 rings (SSSR count). The first-order valence-corrected chi connectivity index (χ1v) is 10.5. The highest BCUT2D eigenvalue weighted by molar-refractivity contribution is 8.13. The number of amides is 1. The van der Waals surface area contributed by atoms with E-state index in [1.807, 2.05) is 48.5 Å². The third-order valence-electron chi connectivity index (χ3n) is 4.94. The largest absolute Gasteiger partial charge is 0.282 e. The first-order chi connectivity index (χ1) is 14.1. The van der Waals surface area contributed by atoms with Gasteiger partial charge in [0.25, 0.3) is 0 Å². The van der Waals surface area contributed by atoms with Crippen molar-refractivity contribution in [3.8, 4) is 0 Å². The fourth-order valence-electron chi connectivity index (χ4n) is 3.57. The zero-order valence-electron chi connectivity index (χ0n) is 16.0. The molecule has 2 atom stereocenters. The highest BCUT2D eigenvalue weighted by Crippen LogP contribution is 2.44. The molecule has 0 spiro atoms. The van der Waals surface area contributed by atoms with Gasteiger partial charge in [-0.05, 0) is 28.8 Å². The van der Waals surface area contributed by atoms with Crippen LogP contribution in [-0.4, -0.2) is 16.0 Å². The lowest BCUT2D eigenvalue weighted by molar-refractivity contribution is -0.126. The van der Waals surface area contributed by atoms with Gasteiger partial charge in [0.1, 0.15) is 11.9 Å². The molecule has 3 aromatic rings. The van der Waals surface area contributed by atoms with E-state index in [2.05, 4.69) is 12.1 Å². The third-order valence-corrected chi connectivity index (χ3v) is 5.97. The minimum absolute atomic E-state index is 0.0392. The molecule has 1 aliphatic heterocycles. The summed E-state index contributed by atoms with van der Waals surface area (Å²) in [5.41, 5.74) is 3.12. The van der Waals surface area contributed by atoms with Crippen molar-refractivity contribution in [2.75, 3.05) is 0 Å². The summed E-state index contributed by atoms with van der Waals surface area (Å²) in [5, 5.41) is 0.699. The topological polar surface area (TPSA) is 32.7 Å². The van der Waals surface area contributed by atoms with E-state index in [1.165, 1.54) is 23.9 Å². The van der Waals surface area contributed by atoms with E-state index in [0.717, 1.165) is 16.7 Å². The van der Waals surface area contributed by atoms with Gasteiger partial charge in [-0.1, -0.05) is 84.6 Å². The number of carbonyl (C=O) groups excluding carboxylic acids is 1. The lowest BCUT2D eigenvalue weighted by atomic mass is 9.94. The molecule has 29 heavy (non-hydrogen) atoms. The van der Waals surface area contributed by atoms with Crippen LogP contribution in [0.15, 0.2) is 89.9 Å². The van der Waals surface area contributed by atoms with Gasteiger partial charge in [-0.25, -0.2) is 4.39 Å². The molecule has 1 aliphatic rings. The molecule has 3 aromatic carbocycles. The summed E-state index contributed by atoms with van der Waals surface area (Å²) in [7, 11) is 0. The molecule has 146 valence electrons. The second-order valence-corrected chi connectivity index (χ2v) is 7.87. The highest BCUT2D eigenvalue weighted by Gasteiger charge is 2.40. The lowest BCUT2D eigenvalue weighted by Crippen LogP contribution is -2.34. The summed E-state index contributed by atoms with van der Waals surface area (Å²) in [6.07, 6.45) is 0. The molecule has 0 N–H and O–H groups in total. The van der Waals surface area contributed by atoms with Gasteiger partial charge < -0.3 is 0 Å². The van der Waals surface area contributed by atoms with E-state index in [0.29, 0.717) is 10.9 Å². The second-order valence-electron chi connectivity index (χ2n) is 6.93. The fraction of sp³-hybridized carbons (Fsp3) is 0.167. The maximum absolute atomic E-state index is 13.2. The lowest BCUT2D eigenvalue weighted by Gasteiger charge is -2.28. The van der Waals surface area contributed by atoms with Crippen LogP contribution in [-0.2, 0) is 10.5 Å². The molecule has 1 amide bonds. The predicted molar refractivity (Wildman–Crippen MR) is 116 cm³/mol. The van der Waals surface area contributed by atoms with Crippen molar-refractivity contribution in [2.24, 2.45) is 4.99 Å². The SMILES string of the molecule is CC(=O)N1C(SCc2ccc(F)cc2)=NC(c2ccccc2)C1c1ccccc1. The number of thioether (sulfide) groups is 1. The number of halogens is 1. The maximum atomic E-state index is 13.2. The molecule has 0 saturated carbocycles. The predicted octanol–water partition coefficient (Wildman–Crippen LogP) is 5.76. The second kappa shape index (κ2) is 8.62. The van der Waals surface area contributed by atoms with Crippen LogP contribution in [0.1, 0.15) is 35.7 Å². The van der Waals surface area contributed by atoms with Crippen molar-refractivity contribution in [1.82, 2.24) is 4.90 Å². The summed E-state index contributed by atoms with van der Waals surface area (Å²) in [6, 6.07) is 26.2. The number of nitrogens with zero attached hydrogens (tertiary/aromatic N) is 2. The normalized spacial score (nSPS) is 18.6. The Hall–Kier alpha value is -2.92. The smallest absolute Gasteiger partial charge is 0.226 e.